The summed E-state index contributed by atoms with van der Waals surface area (Å²) in [6.07, 6.45) is 7.58. The Morgan fingerprint density at radius 3 is 2.71 bits per heavy atom. The van der Waals surface area contributed by atoms with Crippen LogP contribution in [0.15, 0.2) is 29.4 Å². The van der Waals surface area contributed by atoms with Crippen molar-refractivity contribution in [3.05, 3.63) is 51.7 Å². The van der Waals surface area contributed by atoms with Crippen LogP contribution in [0.5, 0.6) is 5.75 Å². The van der Waals surface area contributed by atoms with Crippen molar-refractivity contribution < 1.29 is 9.53 Å². The number of carbonyl (C=O) groups excluding carboxylic acids is 1. The molecule has 1 aromatic carbocycles. The number of benzene rings is 1. The fourth-order valence-electron chi connectivity index (χ4n) is 3.98. The van der Waals surface area contributed by atoms with E-state index in [1.54, 1.807) is 11.3 Å². The third-order valence-electron chi connectivity index (χ3n) is 5.99. The molecule has 2 heterocycles. The van der Waals surface area contributed by atoms with Gasteiger partial charge in [-0.05, 0) is 55.4 Å². The minimum atomic E-state index is -0.146. The van der Waals surface area contributed by atoms with Gasteiger partial charge >= 0.3 is 0 Å². The number of thiophene rings is 1. The lowest BCUT2D eigenvalue weighted by Crippen LogP contribution is -2.14. The van der Waals surface area contributed by atoms with Crippen molar-refractivity contribution in [3.8, 4) is 11.8 Å². The zero-order valence-electron chi connectivity index (χ0n) is 19.6. The second-order valence-corrected chi connectivity index (χ2v) is 10.4. The molecular formula is C25H29N5O2S2. The summed E-state index contributed by atoms with van der Waals surface area (Å²) in [5.41, 5.74) is 3.04. The molecule has 0 aliphatic heterocycles. The van der Waals surface area contributed by atoms with Crippen molar-refractivity contribution in [2.24, 2.45) is 7.05 Å². The highest BCUT2D eigenvalue weighted by Crippen LogP contribution is 2.36. The van der Waals surface area contributed by atoms with Gasteiger partial charge in [-0.1, -0.05) is 43.7 Å². The zero-order chi connectivity index (χ0) is 23.9. The Balaban J connectivity index is 1.33. The predicted octanol–water partition coefficient (Wildman–Crippen LogP) is 5.28. The number of hydrogen-bond donors (Lipinski definition) is 1. The van der Waals surface area contributed by atoms with E-state index in [1.807, 2.05) is 23.7 Å². The quantitative estimate of drug-likeness (QED) is 0.428. The standard InChI is InChI=1S/C25H29N5O2S2/c1-3-17-10-12-18(13-11-17)32-15-22-28-29-25(30(22)2)33-16-23(31)27-24-20(14-26)19-8-6-4-5-7-9-21(19)34-24/h10-13H,3-9,15-16H2,1-2H3,(H,27,31). The van der Waals surface area contributed by atoms with Crippen molar-refractivity contribution in [3.63, 3.8) is 0 Å². The molecule has 0 radical (unpaired) electrons. The fraction of sp³-hybridized carbons (Fsp3) is 0.440. The molecule has 34 heavy (non-hydrogen) atoms. The van der Waals surface area contributed by atoms with Gasteiger partial charge in [0, 0.05) is 11.9 Å². The van der Waals surface area contributed by atoms with Gasteiger partial charge in [0.25, 0.3) is 0 Å². The number of carbonyl (C=O) groups is 1. The van der Waals surface area contributed by atoms with Crippen LogP contribution in [0.3, 0.4) is 0 Å². The van der Waals surface area contributed by atoms with Crippen molar-refractivity contribution in [1.82, 2.24) is 14.8 Å². The Hall–Kier alpha value is -2.83. The predicted molar refractivity (Wildman–Crippen MR) is 135 cm³/mol. The van der Waals surface area contributed by atoms with Crippen LogP contribution in [-0.4, -0.2) is 26.4 Å². The first-order valence-electron chi connectivity index (χ1n) is 11.7. The highest BCUT2D eigenvalue weighted by atomic mass is 32.2. The van der Waals surface area contributed by atoms with Gasteiger partial charge in [-0.2, -0.15) is 5.26 Å². The maximum absolute atomic E-state index is 12.7. The van der Waals surface area contributed by atoms with E-state index >= 15 is 0 Å². The maximum Gasteiger partial charge on any atom is 0.235 e. The van der Waals surface area contributed by atoms with Gasteiger partial charge in [0.2, 0.25) is 5.91 Å². The third kappa shape index (κ3) is 5.80. The third-order valence-corrected chi connectivity index (χ3v) is 8.22. The second-order valence-electron chi connectivity index (χ2n) is 8.31. The number of aromatic nitrogens is 3. The molecule has 0 saturated heterocycles. The SMILES string of the molecule is CCc1ccc(OCc2nnc(SCC(=O)Nc3sc4c(c3C#N)CCCCCC4)n2C)cc1. The number of rotatable bonds is 8. The lowest BCUT2D eigenvalue weighted by Gasteiger charge is -2.08. The normalized spacial score (nSPS) is 13.4. The number of nitriles is 1. The minimum absolute atomic E-state index is 0.146. The summed E-state index contributed by atoms with van der Waals surface area (Å²) in [6, 6.07) is 10.3. The van der Waals surface area contributed by atoms with Crippen molar-refractivity contribution in [2.75, 3.05) is 11.1 Å². The summed E-state index contributed by atoms with van der Waals surface area (Å²) < 4.78 is 7.68. The molecule has 1 N–H and O–H groups in total. The van der Waals surface area contributed by atoms with Crippen LogP contribution in [0.25, 0.3) is 0 Å². The van der Waals surface area contributed by atoms with E-state index in [2.05, 4.69) is 40.6 Å². The van der Waals surface area contributed by atoms with E-state index in [4.69, 9.17) is 4.74 Å². The highest BCUT2D eigenvalue weighted by molar-refractivity contribution is 7.99. The van der Waals surface area contributed by atoms with Gasteiger partial charge in [-0.15, -0.1) is 21.5 Å². The molecule has 0 atom stereocenters. The summed E-state index contributed by atoms with van der Waals surface area (Å²) in [6.45, 7) is 2.42. The Morgan fingerprint density at radius 1 is 1.21 bits per heavy atom. The van der Waals surface area contributed by atoms with E-state index in [-0.39, 0.29) is 11.7 Å². The first-order chi connectivity index (χ1) is 16.6. The molecule has 7 nitrogen and oxygen atoms in total. The summed E-state index contributed by atoms with van der Waals surface area (Å²) in [5.74, 6) is 1.52. The first-order valence-corrected chi connectivity index (χ1v) is 13.5. The molecule has 0 spiro atoms. The van der Waals surface area contributed by atoms with Crippen molar-refractivity contribution in [2.45, 2.75) is 63.6 Å². The molecule has 1 amide bonds. The van der Waals surface area contributed by atoms with Crippen LogP contribution in [-0.2, 0) is 37.7 Å². The molecule has 2 aromatic heterocycles. The lowest BCUT2D eigenvalue weighted by atomic mass is 9.97. The number of ether oxygens (including phenoxy) is 1. The molecule has 1 aliphatic carbocycles. The minimum Gasteiger partial charge on any atom is -0.486 e. The topological polar surface area (TPSA) is 92.8 Å². The molecule has 3 aromatic rings. The molecule has 178 valence electrons. The lowest BCUT2D eigenvalue weighted by molar-refractivity contribution is -0.113. The number of nitrogens with zero attached hydrogens (tertiary/aromatic N) is 4. The van der Waals surface area contributed by atoms with Crippen molar-refractivity contribution in [1.29, 1.82) is 5.26 Å². The van der Waals surface area contributed by atoms with Gasteiger partial charge in [-0.25, -0.2) is 0 Å². The molecule has 0 unspecified atom stereocenters. The Kier molecular flexibility index (Phi) is 8.25. The van der Waals surface area contributed by atoms with E-state index in [1.165, 1.54) is 35.0 Å². The fourth-order valence-corrected chi connectivity index (χ4v) is 5.97. The number of amides is 1. The molecule has 0 fully saturated rings. The van der Waals surface area contributed by atoms with E-state index in [9.17, 15) is 10.1 Å². The Labute approximate surface area is 208 Å². The van der Waals surface area contributed by atoms with Crippen LogP contribution < -0.4 is 10.1 Å². The van der Waals surface area contributed by atoms with Gasteiger partial charge in [0.15, 0.2) is 11.0 Å². The van der Waals surface area contributed by atoms with Gasteiger partial charge < -0.3 is 14.6 Å². The summed E-state index contributed by atoms with van der Waals surface area (Å²) >= 11 is 2.88. The summed E-state index contributed by atoms with van der Waals surface area (Å²) in [7, 11) is 1.87. The smallest absolute Gasteiger partial charge is 0.235 e. The average molecular weight is 496 g/mol. The molecule has 1 aliphatic rings. The number of fused-ring (bicyclic) bond motifs is 1. The largest absolute Gasteiger partial charge is 0.486 e. The highest BCUT2D eigenvalue weighted by Gasteiger charge is 2.21. The monoisotopic (exact) mass is 495 g/mol. The summed E-state index contributed by atoms with van der Waals surface area (Å²) in [4.78, 5) is 13.9. The number of hydrogen-bond acceptors (Lipinski definition) is 7. The maximum atomic E-state index is 12.7. The Morgan fingerprint density at radius 2 is 1.97 bits per heavy atom. The average Bonchev–Trinajstić information content (AvgIpc) is 3.35. The van der Waals surface area contributed by atoms with Gasteiger partial charge in [-0.3, -0.25) is 4.79 Å². The van der Waals surface area contributed by atoms with E-state index < -0.39 is 0 Å². The number of anilines is 1. The second kappa shape index (κ2) is 11.5. The number of thioether (sulfide) groups is 1. The van der Waals surface area contributed by atoms with E-state index in [0.717, 1.165) is 43.4 Å². The molecule has 0 bridgehead atoms. The van der Waals surface area contributed by atoms with Crippen LogP contribution in [0.4, 0.5) is 5.00 Å². The summed E-state index contributed by atoms with van der Waals surface area (Å²) in [5, 5.41) is 22.4. The van der Waals surface area contributed by atoms with Gasteiger partial charge in [0.1, 0.15) is 23.4 Å². The van der Waals surface area contributed by atoms with Crippen LogP contribution in [0.2, 0.25) is 0 Å². The zero-order valence-corrected chi connectivity index (χ0v) is 21.2. The Bertz CT molecular complexity index is 1180. The van der Waals surface area contributed by atoms with Crippen LogP contribution in [0.1, 0.15) is 60.0 Å². The van der Waals surface area contributed by atoms with Crippen LogP contribution in [0, 0.1) is 11.3 Å². The van der Waals surface area contributed by atoms with Crippen molar-refractivity contribution >= 4 is 34.0 Å². The first kappa shape index (κ1) is 24.3. The van der Waals surface area contributed by atoms with Gasteiger partial charge in [0.05, 0.1) is 11.3 Å². The van der Waals surface area contributed by atoms with Crippen LogP contribution >= 0.6 is 23.1 Å². The number of nitrogens with one attached hydrogen (secondary N) is 1. The van der Waals surface area contributed by atoms with E-state index in [0.29, 0.717) is 28.2 Å². The molecular weight excluding hydrogens is 466 g/mol. The molecule has 9 heteroatoms. The molecule has 0 saturated carbocycles. The number of aryl methyl sites for hydroxylation is 2. The molecule has 4 rings (SSSR count).